The number of aliphatic hydroxyl groups is 1. The van der Waals surface area contributed by atoms with Gasteiger partial charge in [0, 0.05) is 18.7 Å². The highest BCUT2D eigenvalue weighted by atomic mass is 32.2. The topological polar surface area (TPSA) is 102 Å². The lowest BCUT2D eigenvalue weighted by Gasteiger charge is -2.28. The van der Waals surface area contributed by atoms with Crippen LogP contribution in [-0.4, -0.2) is 45.1 Å². The van der Waals surface area contributed by atoms with E-state index in [1.54, 1.807) is 24.3 Å². The summed E-state index contributed by atoms with van der Waals surface area (Å²) in [6, 6.07) is 12.9. The van der Waals surface area contributed by atoms with Crippen molar-refractivity contribution in [1.29, 1.82) is 0 Å². The normalized spacial score (nSPS) is 15.0. The van der Waals surface area contributed by atoms with Gasteiger partial charge in [0.25, 0.3) is 0 Å². The first-order valence-corrected chi connectivity index (χ1v) is 12.6. The van der Waals surface area contributed by atoms with Gasteiger partial charge in [-0.3, -0.25) is 4.79 Å². The van der Waals surface area contributed by atoms with Gasteiger partial charge in [-0.2, -0.15) is 0 Å². The van der Waals surface area contributed by atoms with Crippen molar-refractivity contribution < 1.29 is 36.6 Å². The molecular formula is C25H23F2NO6S. The molecule has 10 heteroatoms. The van der Waals surface area contributed by atoms with E-state index in [1.165, 1.54) is 24.3 Å². The number of halogens is 2. The fraction of sp³-hybridized carbons (Fsp3) is 0.240. The Labute approximate surface area is 201 Å². The van der Waals surface area contributed by atoms with Crippen molar-refractivity contribution in [1.82, 2.24) is 5.32 Å². The van der Waals surface area contributed by atoms with E-state index in [4.69, 9.17) is 14.6 Å². The van der Waals surface area contributed by atoms with Crippen LogP contribution in [0.15, 0.2) is 59.5 Å². The minimum atomic E-state index is -3.39. The van der Waals surface area contributed by atoms with Gasteiger partial charge in [-0.05, 0) is 65.1 Å². The first-order chi connectivity index (χ1) is 16.6. The highest BCUT2D eigenvalue weighted by Gasteiger charge is 2.25. The summed E-state index contributed by atoms with van der Waals surface area (Å²) in [4.78, 5) is 12.0. The van der Waals surface area contributed by atoms with Crippen LogP contribution in [0.5, 0.6) is 11.5 Å². The predicted molar refractivity (Wildman–Crippen MR) is 124 cm³/mol. The van der Waals surface area contributed by atoms with Crippen LogP contribution >= 0.6 is 0 Å². The second kappa shape index (κ2) is 10.0. The summed E-state index contributed by atoms with van der Waals surface area (Å²) >= 11 is 0. The van der Waals surface area contributed by atoms with Crippen LogP contribution < -0.4 is 14.8 Å². The summed E-state index contributed by atoms with van der Waals surface area (Å²) in [6.45, 7) is -0.270. The minimum Gasteiger partial charge on any atom is -0.484 e. The van der Waals surface area contributed by atoms with Crippen LogP contribution in [0, 0.1) is 11.6 Å². The van der Waals surface area contributed by atoms with E-state index in [0.29, 0.717) is 33.8 Å². The molecule has 184 valence electrons. The Hall–Kier alpha value is -3.50. The molecule has 4 rings (SSSR count). The van der Waals surface area contributed by atoms with E-state index in [9.17, 15) is 22.0 Å². The van der Waals surface area contributed by atoms with E-state index in [-0.39, 0.29) is 31.0 Å². The molecule has 1 atom stereocenters. The molecule has 1 aliphatic heterocycles. The molecule has 35 heavy (non-hydrogen) atoms. The van der Waals surface area contributed by atoms with Crippen LogP contribution in [0.2, 0.25) is 0 Å². The van der Waals surface area contributed by atoms with Crippen molar-refractivity contribution >= 4 is 15.7 Å². The minimum absolute atomic E-state index is 0.0284. The molecule has 3 aromatic carbocycles. The Morgan fingerprint density at radius 3 is 2.37 bits per heavy atom. The van der Waals surface area contributed by atoms with Crippen molar-refractivity contribution in [3.63, 3.8) is 0 Å². The van der Waals surface area contributed by atoms with Crippen LogP contribution in [0.3, 0.4) is 0 Å². The molecule has 0 bridgehead atoms. The molecule has 0 fully saturated rings. The Morgan fingerprint density at radius 2 is 1.74 bits per heavy atom. The Balaban J connectivity index is 1.73. The molecule has 0 saturated heterocycles. The maximum atomic E-state index is 13.8. The number of hydrogen-bond acceptors (Lipinski definition) is 6. The molecule has 1 unspecified atom stereocenters. The van der Waals surface area contributed by atoms with Crippen molar-refractivity contribution in [3.05, 3.63) is 77.4 Å². The zero-order valence-electron chi connectivity index (χ0n) is 18.8. The molecule has 0 radical (unpaired) electrons. The Morgan fingerprint density at radius 1 is 1.06 bits per heavy atom. The monoisotopic (exact) mass is 503 g/mol. The van der Waals surface area contributed by atoms with Gasteiger partial charge in [0.1, 0.15) is 18.2 Å². The average Bonchev–Trinajstić information content (AvgIpc) is 2.78. The number of nitrogens with one attached hydrogen (secondary N) is 1. The van der Waals surface area contributed by atoms with Gasteiger partial charge >= 0.3 is 0 Å². The van der Waals surface area contributed by atoms with E-state index >= 15 is 0 Å². The molecule has 1 amide bonds. The zero-order chi connectivity index (χ0) is 25.2. The summed E-state index contributed by atoms with van der Waals surface area (Å²) in [7, 11) is -3.39. The average molecular weight is 504 g/mol. The number of fused-ring (bicyclic) bond motifs is 1. The number of ether oxygens (including phenoxy) is 2. The van der Waals surface area contributed by atoms with Crippen LogP contribution in [0.4, 0.5) is 8.78 Å². The summed E-state index contributed by atoms with van der Waals surface area (Å²) in [6.07, 6.45) is 0.436. The molecule has 7 nitrogen and oxygen atoms in total. The van der Waals surface area contributed by atoms with Gasteiger partial charge < -0.3 is 19.9 Å². The fourth-order valence-corrected chi connectivity index (χ4v) is 4.44. The number of amides is 1. The highest BCUT2D eigenvalue weighted by Crippen LogP contribution is 2.39. The van der Waals surface area contributed by atoms with E-state index in [0.717, 1.165) is 12.3 Å². The standard InChI is InChI=1S/C25H23F2NO6S/c1-35(31,32)20-4-2-16(3-5-20)21-13-23-22(33-14-25(34-23)28-24(30)6-7-29)11-17(21)8-15-9-18(26)12-19(27)10-15/h2-5,9-13,25,29H,6-8,14H2,1H3,(H,28,30). The smallest absolute Gasteiger partial charge is 0.225 e. The van der Waals surface area contributed by atoms with E-state index in [1.807, 2.05) is 0 Å². The Bertz CT molecular complexity index is 1340. The number of rotatable bonds is 7. The number of benzene rings is 3. The maximum Gasteiger partial charge on any atom is 0.225 e. The van der Waals surface area contributed by atoms with Crippen molar-refractivity contribution in [2.45, 2.75) is 24.0 Å². The maximum absolute atomic E-state index is 13.8. The molecular weight excluding hydrogens is 480 g/mol. The zero-order valence-corrected chi connectivity index (χ0v) is 19.6. The molecule has 0 aliphatic carbocycles. The van der Waals surface area contributed by atoms with Crippen molar-refractivity contribution in [2.24, 2.45) is 0 Å². The third-order valence-corrected chi connectivity index (χ3v) is 6.53. The SMILES string of the molecule is CS(=O)(=O)c1ccc(-c2cc3c(cc2Cc2cc(F)cc(F)c2)OCC(NC(=O)CCO)O3)cc1. The second-order valence-electron chi connectivity index (χ2n) is 8.17. The third-order valence-electron chi connectivity index (χ3n) is 5.40. The van der Waals surface area contributed by atoms with Crippen LogP contribution in [0.25, 0.3) is 11.1 Å². The molecule has 2 N–H and O–H groups in total. The fourth-order valence-electron chi connectivity index (χ4n) is 3.81. The lowest BCUT2D eigenvalue weighted by Crippen LogP contribution is -2.45. The molecule has 1 aliphatic rings. The number of aliphatic hydroxyl groups excluding tert-OH is 1. The summed E-state index contributed by atoms with van der Waals surface area (Å²) in [5, 5.41) is 11.5. The molecule has 0 aromatic heterocycles. The number of hydrogen-bond donors (Lipinski definition) is 2. The van der Waals surface area contributed by atoms with Crippen LogP contribution in [-0.2, 0) is 21.1 Å². The third kappa shape index (κ3) is 5.95. The van der Waals surface area contributed by atoms with Gasteiger partial charge in [-0.15, -0.1) is 0 Å². The summed E-state index contributed by atoms with van der Waals surface area (Å²) in [5.41, 5.74) is 2.37. The largest absolute Gasteiger partial charge is 0.484 e. The van der Waals surface area contributed by atoms with E-state index in [2.05, 4.69) is 5.32 Å². The predicted octanol–water partition coefficient (Wildman–Crippen LogP) is 3.22. The van der Waals surface area contributed by atoms with Gasteiger partial charge in [-0.1, -0.05) is 12.1 Å². The number of carbonyl (C=O) groups is 1. The lowest BCUT2D eigenvalue weighted by atomic mass is 9.94. The Kier molecular flexibility index (Phi) is 7.04. The molecule has 0 saturated carbocycles. The van der Waals surface area contributed by atoms with Crippen molar-refractivity contribution in [2.75, 3.05) is 19.5 Å². The molecule has 1 heterocycles. The quantitative estimate of drug-likeness (QED) is 0.514. The van der Waals surface area contributed by atoms with Gasteiger partial charge in [-0.25, -0.2) is 17.2 Å². The number of carbonyl (C=O) groups excluding carboxylic acids is 1. The van der Waals surface area contributed by atoms with Crippen molar-refractivity contribution in [3.8, 4) is 22.6 Å². The first kappa shape index (κ1) is 24.6. The molecule has 3 aromatic rings. The van der Waals surface area contributed by atoms with Gasteiger partial charge in [0.2, 0.25) is 12.1 Å². The first-order valence-electron chi connectivity index (χ1n) is 10.7. The van der Waals surface area contributed by atoms with Gasteiger partial charge in [0.15, 0.2) is 21.3 Å². The van der Waals surface area contributed by atoms with Gasteiger partial charge in [0.05, 0.1) is 11.5 Å². The van der Waals surface area contributed by atoms with Crippen LogP contribution in [0.1, 0.15) is 17.5 Å². The summed E-state index contributed by atoms with van der Waals surface area (Å²) < 4.78 is 62.9. The lowest BCUT2D eigenvalue weighted by molar-refractivity contribution is -0.125. The second-order valence-corrected chi connectivity index (χ2v) is 10.2. The molecule has 0 spiro atoms. The summed E-state index contributed by atoms with van der Waals surface area (Å²) in [5.74, 6) is -1.06. The van der Waals surface area contributed by atoms with E-state index < -0.39 is 33.6 Å². The number of sulfone groups is 1. The highest BCUT2D eigenvalue weighted by molar-refractivity contribution is 7.90.